The van der Waals surface area contributed by atoms with Crippen molar-refractivity contribution in [2.24, 2.45) is 0 Å². The van der Waals surface area contributed by atoms with Gasteiger partial charge >= 0.3 is 5.69 Å². The maximum atomic E-state index is 10.4. The predicted molar refractivity (Wildman–Crippen MR) is 47.8 cm³/mol. The number of hydrogen-bond donors (Lipinski definition) is 4. The van der Waals surface area contributed by atoms with Gasteiger partial charge in [0, 0.05) is 13.2 Å². The predicted octanol–water partition coefficient (Wildman–Crippen LogP) is -0.507. The zero-order valence-corrected chi connectivity index (χ0v) is 7.54. The van der Waals surface area contributed by atoms with Crippen molar-refractivity contribution in [1.29, 1.82) is 0 Å². The van der Waals surface area contributed by atoms with Crippen LogP contribution in [0.4, 0.5) is 5.82 Å². The lowest BCUT2D eigenvalue weighted by Crippen LogP contribution is -2.10. The average molecular weight is 207 g/mol. The maximum absolute atomic E-state index is 10.4. The summed E-state index contributed by atoms with van der Waals surface area (Å²) in [4.78, 5) is 16.4. The van der Waals surface area contributed by atoms with Crippen LogP contribution in [0.25, 0.3) is 0 Å². The number of nitrogens with one attached hydrogen (secondary N) is 2. The molecule has 0 saturated heterocycles. The molecule has 0 aliphatic heterocycles. The number of aromatic nitrogens is 2. The topological polar surface area (TPSA) is 115 Å². The Labute approximate surface area is 76.3 Å². The van der Waals surface area contributed by atoms with Gasteiger partial charge in [0.1, 0.15) is 5.82 Å². The van der Waals surface area contributed by atoms with Crippen LogP contribution in [-0.4, -0.2) is 30.3 Å². The second-order valence-corrected chi connectivity index (χ2v) is 2.23. The van der Waals surface area contributed by atoms with Gasteiger partial charge in [-0.15, -0.1) is 0 Å². The minimum Gasteiger partial charge on any atom is -0.375 e. The molecule has 0 aromatic carbocycles. The van der Waals surface area contributed by atoms with Gasteiger partial charge in [-0.05, 0) is 6.07 Å². The largest absolute Gasteiger partial charge is 0.375 e. The molecule has 0 fully saturated rings. The molecule has 4 N–H and O–H groups in total. The van der Waals surface area contributed by atoms with Crippen molar-refractivity contribution in [3.05, 3.63) is 22.7 Å². The molecule has 7 nitrogen and oxygen atoms in total. The third kappa shape index (κ3) is 7.12. The summed E-state index contributed by atoms with van der Waals surface area (Å²) in [5.74, 6) is 0.676. The molecule has 0 radical (unpaired) electrons. The Morgan fingerprint density at radius 3 is 2.46 bits per heavy atom. The molecule has 1 aromatic heterocycles. The van der Waals surface area contributed by atoms with Gasteiger partial charge in [-0.2, -0.15) is 4.21 Å². The van der Waals surface area contributed by atoms with Gasteiger partial charge < -0.3 is 5.32 Å². The van der Waals surface area contributed by atoms with E-state index >= 15 is 0 Å². The minimum atomic E-state index is -2.61. The highest BCUT2D eigenvalue weighted by molar-refractivity contribution is 7.73. The fraction of sp³-hybridized carbons (Fsp3) is 0.200. The van der Waals surface area contributed by atoms with Crippen molar-refractivity contribution in [1.82, 2.24) is 9.97 Å². The Bertz CT molecular complexity index is 322. The van der Waals surface area contributed by atoms with Crippen LogP contribution in [0, 0.1) is 0 Å². The van der Waals surface area contributed by atoms with Gasteiger partial charge in [-0.1, -0.05) is 0 Å². The molecule has 1 heterocycles. The minimum absolute atomic E-state index is 0.332. The molecule has 1 rings (SSSR count). The van der Waals surface area contributed by atoms with Gasteiger partial charge in [0.2, 0.25) is 0 Å². The monoisotopic (exact) mass is 207 g/mol. The second kappa shape index (κ2) is 6.29. The summed E-state index contributed by atoms with van der Waals surface area (Å²) in [5, 5.41) is 2.77. The van der Waals surface area contributed by atoms with E-state index in [4.69, 9.17) is 13.3 Å². The summed E-state index contributed by atoms with van der Waals surface area (Å²) in [5.41, 5.74) is -0.332. The highest BCUT2D eigenvalue weighted by atomic mass is 32.2. The Kier molecular flexibility index (Phi) is 5.68. The Balaban J connectivity index is 0.000000310. The number of H-pyrrole nitrogens is 1. The molecule has 0 aliphatic rings. The van der Waals surface area contributed by atoms with Crippen LogP contribution in [0.5, 0.6) is 0 Å². The molecule has 0 amide bonds. The van der Waals surface area contributed by atoms with E-state index in [2.05, 4.69) is 15.3 Å². The van der Waals surface area contributed by atoms with E-state index in [-0.39, 0.29) is 5.69 Å². The van der Waals surface area contributed by atoms with Crippen LogP contribution in [-0.2, 0) is 11.4 Å². The first-order chi connectivity index (χ1) is 6.06. The molecule has 0 bridgehead atoms. The lowest BCUT2D eigenvalue weighted by Gasteiger charge is -1.94. The number of hydrogen-bond acceptors (Lipinski definition) is 4. The molecular formula is C5H9N3O4S. The van der Waals surface area contributed by atoms with E-state index in [9.17, 15) is 4.79 Å². The van der Waals surface area contributed by atoms with Crippen LogP contribution in [0.15, 0.2) is 17.1 Å². The van der Waals surface area contributed by atoms with E-state index in [1.54, 1.807) is 13.1 Å². The first-order valence-corrected chi connectivity index (χ1v) is 4.15. The smallest absolute Gasteiger partial charge is 0.346 e. The quantitative estimate of drug-likeness (QED) is 0.461. The number of anilines is 1. The van der Waals surface area contributed by atoms with Crippen LogP contribution in [0.1, 0.15) is 0 Å². The molecule has 13 heavy (non-hydrogen) atoms. The van der Waals surface area contributed by atoms with Crippen LogP contribution in [0.2, 0.25) is 0 Å². The average Bonchev–Trinajstić information content (AvgIpc) is 2.03. The number of aromatic amines is 1. The van der Waals surface area contributed by atoms with E-state index in [1.807, 2.05) is 0 Å². The van der Waals surface area contributed by atoms with Gasteiger partial charge in [0.25, 0.3) is 11.4 Å². The lowest BCUT2D eigenvalue weighted by atomic mass is 10.6. The number of rotatable bonds is 1. The SMILES string of the molecule is CNc1ccnc(=O)[nH]1.O=S(O)O. The van der Waals surface area contributed by atoms with E-state index < -0.39 is 11.4 Å². The maximum Gasteiger partial charge on any atom is 0.346 e. The van der Waals surface area contributed by atoms with Gasteiger partial charge in [0.05, 0.1) is 0 Å². The molecule has 74 valence electrons. The molecule has 0 atom stereocenters. The van der Waals surface area contributed by atoms with Crippen molar-refractivity contribution in [2.45, 2.75) is 0 Å². The van der Waals surface area contributed by atoms with Gasteiger partial charge in [0.15, 0.2) is 0 Å². The number of nitrogens with zero attached hydrogens (tertiary/aromatic N) is 1. The summed E-state index contributed by atoms with van der Waals surface area (Å²) in [6.45, 7) is 0. The van der Waals surface area contributed by atoms with Crippen LogP contribution in [0.3, 0.4) is 0 Å². The van der Waals surface area contributed by atoms with Crippen molar-refractivity contribution >= 4 is 17.2 Å². The first kappa shape index (κ1) is 11.8. The summed E-state index contributed by atoms with van der Waals surface area (Å²) in [7, 11) is 1.73. The summed E-state index contributed by atoms with van der Waals surface area (Å²) >= 11 is -2.61. The molecule has 8 heteroatoms. The highest BCUT2D eigenvalue weighted by Gasteiger charge is 1.84. The summed E-state index contributed by atoms with van der Waals surface area (Å²) in [6.07, 6.45) is 1.45. The van der Waals surface area contributed by atoms with Crippen molar-refractivity contribution in [2.75, 3.05) is 12.4 Å². The van der Waals surface area contributed by atoms with Crippen molar-refractivity contribution in [3.8, 4) is 0 Å². The van der Waals surface area contributed by atoms with E-state index in [0.29, 0.717) is 5.82 Å². The summed E-state index contributed by atoms with van der Waals surface area (Å²) < 4.78 is 22.8. The molecule has 0 spiro atoms. The Hall–Kier alpha value is -1.25. The third-order valence-corrected chi connectivity index (χ3v) is 0.944. The standard InChI is InChI=1S/C5H7N3O.H2O3S/c1-6-4-2-3-7-5(9)8-4;1-4(2)3/h2-3H,1H3,(H2,6,7,8,9);(H2,1,2,3). The fourth-order valence-corrected chi connectivity index (χ4v) is 0.514. The fourth-order valence-electron chi connectivity index (χ4n) is 0.514. The van der Waals surface area contributed by atoms with Gasteiger partial charge in [-0.3, -0.25) is 14.1 Å². The second-order valence-electron chi connectivity index (χ2n) is 1.77. The lowest BCUT2D eigenvalue weighted by molar-refractivity contribution is 0.454. The van der Waals surface area contributed by atoms with Crippen molar-refractivity contribution < 1.29 is 13.3 Å². The Morgan fingerprint density at radius 2 is 2.15 bits per heavy atom. The molecule has 0 aliphatic carbocycles. The molecule has 0 unspecified atom stereocenters. The van der Waals surface area contributed by atoms with Crippen LogP contribution >= 0.6 is 0 Å². The highest BCUT2D eigenvalue weighted by Crippen LogP contribution is 1.90. The van der Waals surface area contributed by atoms with E-state index in [0.717, 1.165) is 0 Å². The molecule has 0 saturated carbocycles. The van der Waals surface area contributed by atoms with Crippen molar-refractivity contribution in [3.63, 3.8) is 0 Å². The molecule has 1 aromatic rings. The van der Waals surface area contributed by atoms with Crippen LogP contribution < -0.4 is 11.0 Å². The summed E-state index contributed by atoms with van der Waals surface area (Å²) in [6, 6.07) is 1.68. The first-order valence-electron chi connectivity index (χ1n) is 3.09. The Morgan fingerprint density at radius 1 is 1.62 bits per heavy atom. The van der Waals surface area contributed by atoms with Gasteiger partial charge in [-0.25, -0.2) is 9.78 Å². The molecular weight excluding hydrogens is 198 g/mol. The zero-order valence-electron chi connectivity index (χ0n) is 6.72. The normalized spacial score (nSPS) is 8.92. The van der Waals surface area contributed by atoms with E-state index in [1.165, 1.54) is 6.20 Å². The third-order valence-electron chi connectivity index (χ3n) is 0.944. The zero-order chi connectivity index (χ0) is 10.3.